The zero-order valence-corrected chi connectivity index (χ0v) is 11.7. The fourth-order valence-corrected chi connectivity index (χ4v) is 2.67. The van der Waals surface area contributed by atoms with E-state index < -0.39 is 16.4 Å². The van der Waals surface area contributed by atoms with Crippen molar-refractivity contribution < 1.29 is 9.31 Å². The van der Waals surface area contributed by atoms with Crippen molar-refractivity contribution in [2.75, 3.05) is 5.73 Å². The zero-order chi connectivity index (χ0) is 14.7. The largest absolute Gasteiger partial charge is 0.398 e. The van der Waals surface area contributed by atoms with E-state index in [0.29, 0.717) is 22.0 Å². The van der Waals surface area contributed by atoms with Crippen molar-refractivity contribution in [3.63, 3.8) is 0 Å². The van der Waals surface area contributed by atoms with E-state index in [0.717, 1.165) is 17.0 Å². The van der Waals surface area contributed by atoms with E-state index >= 15 is 0 Å². The van der Waals surface area contributed by atoms with Gasteiger partial charge in [-0.05, 0) is 29.8 Å². The Bertz CT molecular complexity index is 667. The monoisotopic (exact) mass is 312 g/mol. The Balaban J connectivity index is 2.11. The van der Waals surface area contributed by atoms with Crippen molar-refractivity contribution in [1.82, 2.24) is 0 Å². The van der Waals surface area contributed by atoms with Gasteiger partial charge in [-0.1, -0.05) is 17.7 Å². The summed E-state index contributed by atoms with van der Waals surface area (Å²) in [6, 6.07) is 9.00. The van der Waals surface area contributed by atoms with Crippen LogP contribution in [0.2, 0.25) is 5.02 Å². The van der Waals surface area contributed by atoms with Crippen LogP contribution < -0.4 is 5.73 Å². The molecule has 0 atom stereocenters. The van der Waals surface area contributed by atoms with Crippen molar-refractivity contribution >= 4 is 34.7 Å². The van der Waals surface area contributed by atoms with E-state index in [-0.39, 0.29) is 0 Å². The van der Waals surface area contributed by atoms with Crippen LogP contribution in [0.15, 0.2) is 41.3 Å². The number of nitrogen functional groups attached to an aromatic ring is 1. The molecule has 0 heterocycles. The number of halogens is 2. The molecule has 0 aliphatic rings. The number of anilines is 1. The van der Waals surface area contributed by atoms with E-state index in [1.54, 1.807) is 18.2 Å². The van der Waals surface area contributed by atoms with Crippen LogP contribution in [0.3, 0.4) is 0 Å². The lowest BCUT2D eigenvalue weighted by Crippen LogP contribution is -1.94. The normalized spacial score (nSPS) is 10.5. The lowest BCUT2D eigenvalue weighted by Gasteiger charge is -2.06. The van der Waals surface area contributed by atoms with Crippen LogP contribution in [0.5, 0.6) is 0 Å². The second-order valence-electron chi connectivity index (χ2n) is 4.01. The highest BCUT2D eigenvalue weighted by Gasteiger charge is 2.13. The first-order valence-corrected chi connectivity index (χ1v) is 6.94. The molecule has 0 amide bonds. The van der Waals surface area contributed by atoms with Gasteiger partial charge in [-0.2, -0.15) is 4.39 Å². The van der Waals surface area contributed by atoms with Gasteiger partial charge in [-0.3, -0.25) is 10.1 Å². The molecule has 0 spiro atoms. The summed E-state index contributed by atoms with van der Waals surface area (Å²) in [6.45, 7) is 0. The molecule has 2 aromatic rings. The van der Waals surface area contributed by atoms with Crippen LogP contribution in [0.25, 0.3) is 0 Å². The smallest absolute Gasteiger partial charge is 0.304 e. The second kappa shape index (κ2) is 6.11. The Labute approximate surface area is 123 Å². The fourth-order valence-electron chi connectivity index (χ4n) is 1.60. The van der Waals surface area contributed by atoms with Gasteiger partial charge in [0, 0.05) is 27.4 Å². The molecule has 0 saturated heterocycles. The van der Waals surface area contributed by atoms with E-state index in [1.165, 1.54) is 17.8 Å². The molecule has 2 rings (SSSR count). The van der Waals surface area contributed by atoms with Crippen molar-refractivity contribution in [3.05, 3.63) is 62.9 Å². The van der Waals surface area contributed by atoms with Gasteiger partial charge in [-0.25, -0.2) is 0 Å². The molecule has 0 saturated carbocycles. The van der Waals surface area contributed by atoms with E-state index in [4.69, 9.17) is 17.3 Å². The molecule has 0 aromatic heterocycles. The molecule has 2 N–H and O–H groups in total. The van der Waals surface area contributed by atoms with Crippen molar-refractivity contribution in [1.29, 1.82) is 0 Å². The lowest BCUT2D eigenvalue weighted by molar-refractivity contribution is -0.387. The number of thioether (sulfide) groups is 1. The Morgan fingerprint density at radius 1 is 1.30 bits per heavy atom. The summed E-state index contributed by atoms with van der Waals surface area (Å²) < 4.78 is 13.5. The van der Waals surface area contributed by atoms with Crippen molar-refractivity contribution in [3.8, 4) is 0 Å². The molecule has 0 radical (unpaired) electrons. The summed E-state index contributed by atoms with van der Waals surface area (Å²) in [4.78, 5) is 10.6. The third-order valence-corrected chi connectivity index (χ3v) is 3.97. The molecule has 0 aliphatic carbocycles. The van der Waals surface area contributed by atoms with Gasteiger partial charge in [0.05, 0.1) is 4.92 Å². The van der Waals surface area contributed by atoms with Crippen molar-refractivity contribution in [2.45, 2.75) is 10.6 Å². The Morgan fingerprint density at radius 2 is 2.05 bits per heavy atom. The van der Waals surface area contributed by atoms with Gasteiger partial charge in [-0.15, -0.1) is 11.8 Å². The number of hydrogen-bond donors (Lipinski definition) is 1. The molecule has 7 heteroatoms. The SMILES string of the molecule is Nc1cc(Cl)ccc1SCc1ccc([N+](=O)[O-])c(F)c1. The Kier molecular flexibility index (Phi) is 4.46. The number of nitro groups is 1. The average molecular weight is 313 g/mol. The van der Waals surface area contributed by atoms with Crippen LogP contribution in [0, 0.1) is 15.9 Å². The average Bonchev–Trinajstić information content (AvgIpc) is 2.37. The maximum Gasteiger partial charge on any atom is 0.304 e. The fraction of sp³-hybridized carbons (Fsp3) is 0.0769. The molecule has 20 heavy (non-hydrogen) atoms. The minimum Gasteiger partial charge on any atom is -0.398 e. The number of benzene rings is 2. The van der Waals surface area contributed by atoms with Gasteiger partial charge in [0.15, 0.2) is 0 Å². The highest BCUT2D eigenvalue weighted by atomic mass is 35.5. The summed E-state index contributed by atoms with van der Waals surface area (Å²) in [7, 11) is 0. The molecule has 0 bridgehead atoms. The summed E-state index contributed by atoms with van der Waals surface area (Å²) in [5.74, 6) is -0.377. The van der Waals surface area contributed by atoms with Crippen LogP contribution in [0.4, 0.5) is 15.8 Å². The van der Waals surface area contributed by atoms with E-state index in [9.17, 15) is 14.5 Å². The zero-order valence-electron chi connectivity index (χ0n) is 10.2. The molecule has 0 fully saturated rings. The minimum absolute atomic E-state index is 0.459. The third kappa shape index (κ3) is 3.40. The molecule has 4 nitrogen and oxygen atoms in total. The minimum atomic E-state index is -0.836. The molecule has 104 valence electrons. The van der Waals surface area contributed by atoms with Gasteiger partial charge in [0.25, 0.3) is 0 Å². The van der Waals surface area contributed by atoms with Gasteiger partial charge in [0.2, 0.25) is 5.82 Å². The summed E-state index contributed by atoms with van der Waals surface area (Å²) >= 11 is 7.21. The topological polar surface area (TPSA) is 69.2 Å². The Morgan fingerprint density at radius 3 is 2.65 bits per heavy atom. The molecule has 2 aromatic carbocycles. The first-order chi connectivity index (χ1) is 9.47. The highest BCUT2D eigenvalue weighted by molar-refractivity contribution is 7.98. The summed E-state index contributed by atoms with van der Waals surface area (Å²) in [5, 5.41) is 11.1. The van der Waals surface area contributed by atoms with Crippen LogP contribution >= 0.6 is 23.4 Å². The molecule has 0 aliphatic heterocycles. The quantitative estimate of drug-likeness (QED) is 0.396. The van der Waals surface area contributed by atoms with Crippen LogP contribution in [-0.4, -0.2) is 4.92 Å². The van der Waals surface area contributed by atoms with Gasteiger partial charge < -0.3 is 5.73 Å². The summed E-state index contributed by atoms with van der Waals surface area (Å²) in [6.07, 6.45) is 0. The number of nitrogens with two attached hydrogens (primary N) is 1. The molecular formula is C13H10ClFN2O2S. The van der Waals surface area contributed by atoms with Crippen molar-refractivity contribution in [2.24, 2.45) is 0 Å². The predicted molar refractivity (Wildman–Crippen MR) is 78.5 cm³/mol. The lowest BCUT2D eigenvalue weighted by atomic mass is 10.2. The second-order valence-corrected chi connectivity index (χ2v) is 5.47. The highest BCUT2D eigenvalue weighted by Crippen LogP contribution is 2.31. The third-order valence-electron chi connectivity index (χ3n) is 2.57. The Hall–Kier alpha value is -1.79. The maximum absolute atomic E-state index is 13.5. The number of rotatable bonds is 4. The molecular weight excluding hydrogens is 303 g/mol. The summed E-state index contributed by atoms with van der Waals surface area (Å²) in [5.41, 5.74) is 6.48. The van der Waals surface area contributed by atoms with Gasteiger partial charge >= 0.3 is 5.69 Å². The number of nitrogens with zero attached hydrogens (tertiary/aromatic N) is 1. The standard InChI is InChI=1S/C13H10ClFN2O2S/c14-9-2-4-13(11(16)6-9)20-7-8-1-3-12(17(18)19)10(15)5-8/h1-6H,7,16H2. The van der Waals surface area contributed by atoms with Crippen LogP contribution in [0.1, 0.15) is 5.56 Å². The number of hydrogen-bond acceptors (Lipinski definition) is 4. The maximum atomic E-state index is 13.5. The predicted octanol–water partition coefficient (Wildman–Crippen LogP) is 4.26. The van der Waals surface area contributed by atoms with E-state index in [1.807, 2.05) is 0 Å². The van der Waals surface area contributed by atoms with E-state index in [2.05, 4.69) is 0 Å². The molecule has 0 unspecified atom stereocenters. The first kappa shape index (κ1) is 14.6. The van der Waals surface area contributed by atoms with Gasteiger partial charge in [0.1, 0.15) is 0 Å². The van der Waals surface area contributed by atoms with Crippen LogP contribution in [-0.2, 0) is 5.75 Å². The first-order valence-electron chi connectivity index (χ1n) is 5.58. The number of nitro benzene ring substituents is 1.